The van der Waals surface area contributed by atoms with Gasteiger partial charge in [0.15, 0.2) is 0 Å². The Kier molecular flexibility index (Phi) is 4.22. The van der Waals surface area contributed by atoms with Crippen molar-refractivity contribution < 1.29 is 18.7 Å². The van der Waals surface area contributed by atoms with Gasteiger partial charge in [0.25, 0.3) is 0 Å². The first-order chi connectivity index (χ1) is 7.50. The molecule has 5 heteroatoms. The van der Waals surface area contributed by atoms with Crippen LogP contribution >= 0.6 is 0 Å². The zero-order valence-electron chi connectivity index (χ0n) is 8.84. The monoisotopic (exact) mass is 229 g/mol. The minimum absolute atomic E-state index is 0.0375. The van der Waals surface area contributed by atoms with Crippen LogP contribution in [0, 0.1) is 11.6 Å². The predicted molar refractivity (Wildman–Crippen MR) is 56.3 cm³/mol. The molecule has 0 amide bonds. The number of para-hydroxylation sites is 1. The largest absolute Gasteiger partial charge is 0.481 e. The Labute approximate surface area is 92.1 Å². The van der Waals surface area contributed by atoms with Gasteiger partial charge in [-0.15, -0.1) is 0 Å². The molecule has 16 heavy (non-hydrogen) atoms. The Balaban J connectivity index is 2.62. The highest BCUT2D eigenvalue weighted by atomic mass is 19.1. The maximum Gasteiger partial charge on any atom is 0.303 e. The zero-order valence-corrected chi connectivity index (χ0v) is 8.84. The summed E-state index contributed by atoms with van der Waals surface area (Å²) in [6.07, 6.45) is 0.271. The van der Waals surface area contributed by atoms with Gasteiger partial charge in [-0.25, -0.2) is 8.78 Å². The third-order valence-electron chi connectivity index (χ3n) is 2.14. The van der Waals surface area contributed by atoms with Crippen LogP contribution in [-0.4, -0.2) is 17.1 Å². The summed E-state index contributed by atoms with van der Waals surface area (Å²) in [6, 6.07) is 3.27. The first-order valence-electron chi connectivity index (χ1n) is 4.93. The highest BCUT2D eigenvalue weighted by molar-refractivity contribution is 5.66. The van der Waals surface area contributed by atoms with Crippen LogP contribution in [-0.2, 0) is 4.79 Å². The summed E-state index contributed by atoms with van der Waals surface area (Å²) in [4.78, 5) is 10.3. The van der Waals surface area contributed by atoms with Crippen LogP contribution in [0.5, 0.6) is 0 Å². The number of anilines is 1. The van der Waals surface area contributed by atoms with E-state index in [0.29, 0.717) is 6.42 Å². The second-order valence-corrected chi connectivity index (χ2v) is 3.57. The van der Waals surface area contributed by atoms with Gasteiger partial charge in [-0.3, -0.25) is 4.79 Å². The molecule has 1 aromatic rings. The van der Waals surface area contributed by atoms with E-state index in [4.69, 9.17) is 5.11 Å². The highest BCUT2D eigenvalue weighted by Crippen LogP contribution is 2.19. The van der Waals surface area contributed by atoms with Crippen molar-refractivity contribution in [3.63, 3.8) is 0 Å². The molecule has 0 aliphatic rings. The lowest BCUT2D eigenvalue weighted by molar-refractivity contribution is -0.137. The summed E-state index contributed by atoms with van der Waals surface area (Å²) in [7, 11) is 0. The van der Waals surface area contributed by atoms with Crippen LogP contribution < -0.4 is 5.32 Å². The number of rotatable bonds is 5. The van der Waals surface area contributed by atoms with Crippen LogP contribution in [0.4, 0.5) is 14.5 Å². The summed E-state index contributed by atoms with van der Waals surface area (Å²) in [5, 5.41) is 11.1. The van der Waals surface area contributed by atoms with Crippen LogP contribution in [0.3, 0.4) is 0 Å². The van der Waals surface area contributed by atoms with Gasteiger partial charge in [0.2, 0.25) is 0 Å². The van der Waals surface area contributed by atoms with Crippen molar-refractivity contribution in [2.75, 3.05) is 5.32 Å². The van der Waals surface area contributed by atoms with E-state index < -0.39 is 17.6 Å². The minimum Gasteiger partial charge on any atom is -0.481 e. The fraction of sp³-hybridized carbons (Fsp3) is 0.364. The molecular formula is C11H13F2NO2. The Morgan fingerprint density at radius 3 is 2.50 bits per heavy atom. The van der Waals surface area contributed by atoms with E-state index in [9.17, 15) is 13.6 Å². The summed E-state index contributed by atoms with van der Waals surface area (Å²) in [5.41, 5.74) is -0.208. The van der Waals surface area contributed by atoms with Crippen LogP contribution in [0.15, 0.2) is 18.2 Å². The average Bonchev–Trinajstić information content (AvgIpc) is 2.21. The molecule has 1 aromatic carbocycles. The second kappa shape index (κ2) is 5.44. The summed E-state index contributed by atoms with van der Waals surface area (Å²) < 4.78 is 26.4. The van der Waals surface area contributed by atoms with Crippen molar-refractivity contribution >= 4 is 11.7 Å². The van der Waals surface area contributed by atoms with E-state index in [0.717, 1.165) is 12.1 Å². The molecule has 0 fully saturated rings. The molecule has 1 atom stereocenters. The average molecular weight is 229 g/mol. The standard InChI is InChI=1S/C11H13F2NO2/c1-7(5-6-10(15)16)14-11-8(12)3-2-4-9(11)13/h2-4,7,14H,5-6H2,1H3,(H,15,16). The van der Waals surface area contributed by atoms with E-state index in [2.05, 4.69) is 5.32 Å². The number of halogens is 2. The SMILES string of the molecule is CC(CCC(=O)O)Nc1c(F)cccc1F. The van der Waals surface area contributed by atoms with Gasteiger partial charge in [-0.2, -0.15) is 0 Å². The first kappa shape index (κ1) is 12.4. The molecule has 88 valence electrons. The molecule has 0 aliphatic carbocycles. The summed E-state index contributed by atoms with van der Waals surface area (Å²) in [6.45, 7) is 1.68. The molecule has 0 saturated carbocycles. The van der Waals surface area contributed by atoms with Crippen LogP contribution in [0.1, 0.15) is 19.8 Å². The molecule has 0 aromatic heterocycles. The van der Waals surface area contributed by atoms with Crippen LogP contribution in [0.25, 0.3) is 0 Å². The number of hydrogen-bond acceptors (Lipinski definition) is 2. The number of nitrogens with one attached hydrogen (secondary N) is 1. The number of aliphatic carboxylic acids is 1. The molecule has 2 N–H and O–H groups in total. The maximum absolute atomic E-state index is 13.2. The fourth-order valence-electron chi connectivity index (χ4n) is 1.29. The molecule has 0 spiro atoms. The van der Waals surface area contributed by atoms with Crippen molar-refractivity contribution in [3.8, 4) is 0 Å². The van der Waals surface area contributed by atoms with E-state index in [-0.39, 0.29) is 18.2 Å². The zero-order chi connectivity index (χ0) is 12.1. The number of carboxylic acids is 1. The predicted octanol–water partition coefficient (Wildman–Crippen LogP) is 2.63. The topological polar surface area (TPSA) is 49.3 Å². The van der Waals surface area contributed by atoms with Crippen molar-refractivity contribution in [2.45, 2.75) is 25.8 Å². The molecular weight excluding hydrogens is 216 g/mol. The van der Waals surface area contributed by atoms with Gasteiger partial charge in [-0.05, 0) is 25.5 Å². The highest BCUT2D eigenvalue weighted by Gasteiger charge is 2.11. The lowest BCUT2D eigenvalue weighted by Gasteiger charge is -2.15. The smallest absolute Gasteiger partial charge is 0.303 e. The molecule has 0 aliphatic heterocycles. The van der Waals surface area contributed by atoms with E-state index in [1.807, 2.05) is 0 Å². The van der Waals surface area contributed by atoms with E-state index in [1.54, 1.807) is 6.92 Å². The molecule has 3 nitrogen and oxygen atoms in total. The Bertz CT molecular complexity index is 362. The molecule has 1 unspecified atom stereocenters. The second-order valence-electron chi connectivity index (χ2n) is 3.57. The lowest BCUT2D eigenvalue weighted by atomic mass is 10.1. The molecule has 0 bridgehead atoms. The molecule has 0 radical (unpaired) electrons. The lowest BCUT2D eigenvalue weighted by Crippen LogP contribution is -2.18. The number of carbonyl (C=O) groups is 1. The third-order valence-corrected chi connectivity index (χ3v) is 2.14. The van der Waals surface area contributed by atoms with Crippen LogP contribution in [0.2, 0.25) is 0 Å². The van der Waals surface area contributed by atoms with Crippen molar-refractivity contribution in [2.24, 2.45) is 0 Å². The number of carboxylic acid groups (broad SMARTS) is 1. The molecule has 0 heterocycles. The van der Waals surface area contributed by atoms with Gasteiger partial charge < -0.3 is 10.4 Å². The van der Waals surface area contributed by atoms with Gasteiger partial charge >= 0.3 is 5.97 Å². The van der Waals surface area contributed by atoms with Crippen molar-refractivity contribution in [1.82, 2.24) is 0 Å². The van der Waals surface area contributed by atoms with Gasteiger partial charge in [0.1, 0.15) is 17.3 Å². The van der Waals surface area contributed by atoms with E-state index in [1.165, 1.54) is 6.07 Å². The minimum atomic E-state index is -0.928. The summed E-state index contributed by atoms with van der Waals surface area (Å²) in [5.74, 6) is -2.29. The van der Waals surface area contributed by atoms with E-state index >= 15 is 0 Å². The third kappa shape index (κ3) is 3.49. The quantitative estimate of drug-likeness (QED) is 0.816. The Morgan fingerprint density at radius 1 is 1.44 bits per heavy atom. The fourth-order valence-corrected chi connectivity index (χ4v) is 1.29. The summed E-state index contributed by atoms with van der Waals surface area (Å²) >= 11 is 0. The van der Waals surface area contributed by atoms with Gasteiger partial charge in [-0.1, -0.05) is 6.07 Å². The van der Waals surface area contributed by atoms with Gasteiger partial charge in [0.05, 0.1) is 0 Å². The first-order valence-corrected chi connectivity index (χ1v) is 4.93. The molecule has 0 saturated heterocycles. The van der Waals surface area contributed by atoms with Gasteiger partial charge in [0, 0.05) is 12.5 Å². The normalized spacial score (nSPS) is 12.2. The number of benzene rings is 1. The van der Waals surface area contributed by atoms with Crippen molar-refractivity contribution in [3.05, 3.63) is 29.8 Å². The Morgan fingerprint density at radius 2 is 2.00 bits per heavy atom. The Hall–Kier alpha value is -1.65. The molecule has 1 rings (SSSR count). The maximum atomic E-state index is 13.2. The number of hydrogen-bond donors (Lipinski definition) is 2. The van der Waals surface area contributed by atoms with Crippen molar-refractivity contribution in [1.29, 1.82) is 0 Å².